The molecule has 0 aliphatic carbocycles. The molecule has 7 nitrogen and oxygen atoms in total. The fourth-order valence-corrected chi connectivity index (χ4v) is 4.72. The second kappa shape index (κ2) is 6.01. The normalized spacial score (nSPS) is 17.5. The van der Waals surface area contributed by atoms with Gasteiger partial charge in [-0.2, -0.15) is 0 Å². The zero-order valence-corrected chi connectivity index (χ0v) is 14.2. The van der Waals surface area contributed by atoms with E-state index in [1.807, 2.05) is 23.1 Å². The Bertz CT molecular complexity index is 901. The highest BCUT2D eigenvalue weighted by molar-refractivity contribution is 8.00. The van der Waals surface area contributed by atoms with Crippen molar-refractivity contribution in [2.45, 2.75) is 20.2 Å². The van der Waals surface area contributed by atoms with E-state index in [1.165, 1.54) is 40.6 Å². The van der Waals surface area contributed by atoms with E-state index in [2.05, 4.69) is 0 Å². The molecular formula is C16H11N3O4S2. The van der Waals surface area contributed by atoms with Gasteiger partial charge in [-0.25, -0.2) is 4.79 Å². The summed E-state index contributed by atoms with van der Waals surface area (Å²) in [5.74, 6) is 0. The topological polar surface area (TPSA) is 86.9 Å². The summed E-state index contributed by atoms with van der Waals surface area (Å²) < 4.78 is 0. The van der Waals surface area contributed by atoms with E-state index in [1.54, 1.807) is 24.5 Å². The highest BCUT2D eigenvalue weighted by Gasteiger charge is 2.38. The summed E-state index contributed by atoms with van der Waals surface area (Å²) in [6, 6.07) is 12.3. The zero-order chi connectivity index (χ0) is 17.6. The van der Waals surface area contributed by atoms with Crippen molar-refractivity contribution in [3.05, 3.63) is 65.0 Å². The van der Waals surface area contributed by atoms with Crippen LogP contribution in [0.1, 0.15) is 0 Å². The van der Waals surface area contributed by atoms with Gasteiger partial charge >= 0.3 is 6.09 Å². The number of hydrogen-bond acceptors (Lipinski definition) is 6. The molecule has 0 saturated heterocycles. The number of fused-ring (bicyclic) bond motifs is 3. The number of thioether (sulfide) groups is 1. The van der Waals surface area contributed by atoms with Crippen molar-refractivity contribution in [2.75, 3.05) is 4.90 Å². The van der Waals surface area contributed by atoms with Crippen LogP contribution in [0, 0.1) is 10.1 Å². The van der Waals surface area contributed by atoms with Gasteiger partial charge in [-0.3, -0.25) is 15.0 Å². The summed E-state index contributed by atoms with van der Waals surface area (Å²) in [7, 11) is 0. The van der Waals surface area contributed by atoms with Gasteiger partial charge in [-0.05, 0) is 30.3 Å². The van der Waals surface area contributed by atoms with Gasteiger partial charge in [0.05, 0.1) is 10.6 Å². The van der Waals surface area contributed by atoms with Crippen LogP contribution in [0.2, 0.25) is 0 Å². The molecule has 1 N–H and O–H groups in total. The Morgan fingerprint density at radius 3 is 2.56 bits per heavy atom. The Balaban J connectivity index is 1.56. The van der Waals surface area contributed by atoms with E-state index in [4.69, 9.17) is 0 Å². The van der Waals surface area contributed by atoms with Crippen LogP contribution in [-0.4, -0.2) is 26.5 Å². The number of amides is 1. The van der Waals surface area contributed by atoms with Crippen molar-refractivity contribution >= 4 is 41.0 Å². The third kappa shape index (κ3) is 2.81. The Hall–Kier alpha value is -2.65. The average Bonchev–Trinajstić information content (AvgIpc) is 3.14. The number of nitrogens with zero attached hydrogens (tertiary/aromatic N) is 3. The minimum absolute atomic E-state index is 0.0634. The Labute approximate surface area is 151 Å². The van der Waals surface area contributed by atoms with Crippen LogP contribution in [0.5, 0.6) is 0 Å². The summed E-state index contributed by atoms with van der Waals surface area (Å²) in [6.07, 6.45) is 2.33. The molecule has 25 heavy (non-hydrogen) atoms. The number of non-ortho nitro benzene ring substituents is 1. The third-order valence-electron chi connectivity index (χ3n) is 3.81. The molecule has 126 valence electrons. The summed E-state index contributed by atoms with van der Waals surface area (Å²) in [5.41, 5.74) is 0.725. The van der Waals surface area contributed by atoms with Crippen LogP contribution >= 0.6 is 23.5 Å². The number of hydrogen-bond donors (Lipinski definition) is 1. The molecule has 2 aliphatic heterocycles. The van der Waals surface area contributed by atoms with E-state index in [0.717, 1.165) is 20.4 Å². The van der Waals surface area contributed by atoms with Gasteiger partial charge < -0.3 is 10.0 Å². The fourth-order valence-electron chi connectivity index (χ4n) is 2.64. The van der Waals surface area contributed by atoms with Gasteiger partial charge in [-0.1, -0.05) is 23.5 Å². The van der Waals surface area contributed by atoms with Crippen molar-refractivity contribution in [3.63, 3.8) is 0 Å². The van der Waals surface area contributed by atoms with Gasteiger partial charge in [0.1, 0.15) is 0 Å². The molecule has 1 atom stereocenters. The molecular weight excluding hydrogens is 362 g/mol. The predicted octanol–water partition coefficient (Wildman–Crippen LogP) is 4.41. The number of anilines is 1. The van der Waals surface area contributed by atoms with Crippen LogP contribution in [0.15, 0.2) is 69.6 Å². The lowest BCUT2D eigenvalue weighted by Crippen LogP contribution is -2.35. The lowest BCUT2D eigenvalue weighted by Gasteiger charge is -2.21. The highest BCUT2D eigenvalue weighted by Crippen LogP contribution is 2.48. The molecule has 0 radical (unpaired) electrons. The predicted molar refractivity (Wildman–Crippen MR) is 94.8 cm³/mol. The van der Waals surface area contributed by atoms with Gasteiger partial charge in [0.2, 0.25) is 0 Å². The molecule has 0 bridgehead atoms. The SMILES string of the molecule is O=C(O)N1C=CN2c3cc(Sc4ccc([N+](=O)[O-])cc4)ccc3SC12. The molecule has 0 spiro atoms. The number of nitro benzene ring substituents is 1. The molecule has 2 aliphatic rings. The highest BCUT2D eigenvalue weighted by atomic mass is 32.2. The summed E-state index contributed by atoms with van der Waals surface area (Å²) in [4.78, 5) is 27.7. The first-order valence-electron chi connectivity index (χ1n) is 7.24. The molecule has 9 heteroatoms. The van der Waals surface area contributed by atoms with E-state index >= 15 is 0 Å². The summed E-state index contributed by atoms with van der Waals surface area (Å²) in [5, 5.41) is 20.0. The molecule has 4 rings (SSSR count). The van der Waals surface area contributed by atoms with Crippen molar-refractivity contribution in [3.8, 4) is 0 Å². The van der Waals surface area contributed by atoms with E-state index in [-0.39, 0.29) is 11.2 Å². The minimum atomic E-state index is -0.982. The summed E-state index contributed by atoms with van der Waals surface area (Å²) in [6.45, 7) is 0. The van der Waals surface area contributed by atoms with Gasteiger partial charge in [0.25, 0.3) is 5.69 Å². The second-order valence-corrected chi connectivity index (χ2v) is 7.57. The second-order valence-electron chi connectivity index (χ2n) is 5.32. The van der Waals surface area contributed by atoms with Crippen LogP contribution in [0.25, 0.3) is 0 Å². The Morgan fingerprint density at radius 2 is 1.88 bits per heavy atom. The molecule has 0 aromatic heterocycles. The van der Waals surface area contributed by atoms with Crippen molar-refractivity contribution < 1.29 is 14.8 Å². The first kappa shape index (κ1) is 15.9. The molecule has 2 aromatic carbocycles. The maximum absolute atomic E-state index is 11.3. The van der Waals surface area contributed by atoms with Crippen LogP contribution in [0.3, 0.4) is 0 Å². The number of benzene rings is 2. The number of carbonyl (C=O) groups is 1. The molecule has 0 fully saturated rings. The van der Waals surface area contributed by atoms with Crippen molar-refractivity contribution in [2.24, 2.45) is 0 Å². The first-order chi connectivity index (χ1) is 12.0. The molecule has 1 unspecified atom stereocenters. The Kier molecular flexibility index (Phi) is 3.81. The monoisotopic (exact) mass is 373 g/mol. The van der Waals surface area contributed by atoms with E-state index in [0.29, 0.717) is 0 Å². The Morgan fingerprint density at radius 1 is 1.16 bits per heavy atom. The van der Waals surface area contributed by atoms with Crippen molar-refractivity contribution in [1.29, 1.82) is 0 Å². The third-order valence-corrected chi connectivity index (χ3v) is 6.07. The standard InChI is InChI=1S/C16H11N3O4S2/c20-16(21)18-8-7-17-13-9-12(5-6-14(13)25-15(17)18)24-11-3-1-10(2-4-11)19(22)23/h1-9,15H,(H,20,21). The van der Waals surface area contributed by atoms with E-state index in [9.17, 15) is 20.0 Å². The van der Waals surface area contributed by atoms with Gasteiger partial charge in [0, 0.05) is 39.2 Å². The van der Waals surface area contributed by atoms with Crippen LogP contribution < -0.4 is 4.90 Å². The maximum Gasteiger partial charge on any atom is 0.413 e. The smallest absolute Gasteiger partial charge is 0.413 e. The number of carboxylic acid groups (broad SMARTS) is 1. The molecule has 2 heterocycles. The molecule has 2 aromatic rings. The van der Waals surface area contributed by atoms with Crippen molar-refractivity contribution in [1.82, 2.24) is 4.90 Å². The average molecular weight is 373 g/mol. The summed E-state index contributed by atoms with van der Waals surface area (Å²) >= 11 is 2.99. The van der Waals surface area contributed by atoms with Crippen LogP contribution in [0.4, 0.5) is 16.2 Å². The minimum Gasteiger partial charge on any atom is -0.465 e. The molecule has 1 amide bonds. The molecule has 0 saturated carbocycles. The number of rotatable bonds is 3. The van der Waals surface area contributed by atoms with Gasteiger partial charge in [0.15, 0.2) is 5.50 Å². The number of nitro groups is 1. The van der Waals surface area contributed by atoms with Crippen LogP contribution in [-0.2, 0) is 0 Å². The lowest BCUT2D eigenvalue weighted by molar-refractivity contribution is -0.384. The largest absolute Gasteiger partial charge is 0.465 e. The fraction of sp³-hybridized carbons (Fsp3) is 0.0625. The quantitative estimate of drug-likeness (QED) is 0.630. The van der Waals surface area contributed by atoms with E-state index < -0.39 is 11.0 Å². The first-order valence-corrected chi connectivity index (χ1v) is 8.93. The zero-order valence-electron chi connectivity index (χ0n) is 12.6. The lowest BCUT2D eigenvalue weighted by atomic mass is 10.3. The van der Waals surface area contributed by atoms with Gasteiger partial charge in [-0.15, -0.1) is 0 Å². The maximum atomic E-state index is 11.3.